The lowest BCUT2D eigenvalue weighted by atomic mass is 9.93. The summed E-state index contributed by atoms with van der Waals surface area (Å²) in [6, 6.07) is 15.8. The number of aryl methyl sites for hydroxylation is 2. The quantitative estimate of drug-likeness (QED) is 0.764. The standard InChI is InChI=1S/C17H16O3/c1-11-7-3-5-9-13(11)15-16(20-17(18)19-15)14-10-6-4-8-12(14)2/h3-10,15-16H,1-2H3/t15-,16-/m0/s1. The lowest BCUT2D eigenvalue weighted by Gasteiger charge is -2.19. The molecular formula is C17H16O3. The van der Waals surface area contributed by atoms with Gasteiger partial charge in [0.05, 0.1) is 0 Å². The number of ether oxygens (including phenoxy) is 2. The molecule has 1 aliphatic rings. The van der Waals surface area contributed by atoms with E-state index in [1.54, 1.807) is 0 Å². The van der Waals surface area contributed by atoms with Crippen molar-refractivity contribution in [1.29, 1.82) is 0 Å². The normalized spacial score (nSPS) is 21.4. The SMILES string of the molecule is Cc1ccccc1[C@@H]1OC(=O)O[C@H]1c1ccccc1C. The third-order valence-electron chi connectivity index (χ3n) is 3.71. The fraction of sp³-hybridized carbons (Fsp3) is 0.235. The largest absolute Gasteiger partial charge is 0.509 e. The highest BCUT2D eigenvalue weighted by Gasteiger charge is 2.40. The van der Waals surface area contributed by atoms with Gasteiger partial charge in [0.25, 0.3) is 0 Å². The summed E-state index contributed by atoms with van der Waals surface area (Å²) in [5.74, 6) is 0. The second kappa shape index (κ2) is 5.00. The van der Waals surface area contributed by atoms with Crippen LogP contribution in [0.25, 0.3) is 0 Å². The molecule has 0 saturated carbocycles. The molecule has 2 aromatic carbocycles. The van der Waals surface area contributed by atoms with Crippen molar-refractivity contribution in [3.8, 4) is 0 Å². The van der Waals surface area contributed by atoms with Crippen LogP contribution in [0.4, 0.5) is 4.79 Å². The van der Waals surface area contributed by atoms with Crippen molar-refractivity contribution in [2.75, 3.05) is 0 Å². The molecule has 0 aromatic heterocycles. The van der Waals surface area contributed by atoms with Crippen LogP contribution in [-0.4, -0.2) is 6.16 Å². The second-order valence-electron chi connectivity index (χ2n) is 5.04. The van der Waals surface area contributed by atoms with E-state index in [1.165, 1.54) is 0 Å². The van der Waals surface area contributed by atoms with Gasteiger partial charge in [0, 0.05) is 0 Å². The van der Waals surface area contributed by atoms with E-state index in [0.717, 1.165) is 22.3 Å². The van der Waals surface area contributed by atoms with Crippen LogP contribution in [-0.2, 0) is 9.47 Å². The molecule has 20 heavy (non-hydrogen) atoms. The van der Waals surface area contributed by atoms with E-state index in [2.05, 4.69) is 0 Å². The molecule has 0 aliphatic carbocycles. The Bertz CT molecular complexity index is 593. The van der Waals surface area contributed by atoms with Crippen molar-refractivity contribution in [2.24, 2.45) is 0 Å². The Hall–Kier alpha value is -2.29. The number of carbonyl (C=O) groups excluding carboxylic acids is 1. The van der Waals surface area contributed by atoms with Crippen molar-refractivity contribution < 1.29 is 14.3 Å². The first-order valence-corrected chi connectivity index (χ1v) is 6.65. The van der Waals surface area contributed by atoms with E-state index in [0.29, 0.717) is 0 Å². The molecule has 3 nitrogen and oxygen atoms in total. The van der Waals surface area contributed by atoms with E-state index in [4.69, 9.17) is 9.47 Å². The van der Waals surface area contributed by atoms with Crippen molar-refractivity contribution in [1.82, 2.24) is 0 Å². The van der Waals surface area contributed by atoms with Crippen LogP contribution in [0.3, 0.4) is 0 Å². The first-order valence-electron chi connectivity index (χ1n) is 6.65. The van der Waals surface area contributed by atoms with Gasteiger partial charge >= 0.3 is 6.16 Å². The average Bonchev–Trinajstić information content (AvgIpc) is 2.81. The van der Waals surface area contributed by atoms with Gasteiger partial charge in [0.1, 0.15) is 0 Å². The van der Waals surface area contributed by atoms with Gasteiger partial charge in [-0.2, -0.15) is 0 Å². The molecule has 102 valence electrons. The van der Waals surface area contributed by atoms with E-state index < -0.39 is 6.16 Å². The Morgan fingerprint density at radius 1 is 0.750 bits per heavy atom. The number of cyclic esters (lactones) is 2. The van der Waals surface area contributed by atoms with Crippen LogP contribution in [0.5, 0.6) is 0 Å². The van der Waals surface area contributed by atoms with Crippen LogP contribution in [0.2, 0.25) is 0 Å². The number of carbonyl (C=O) groups is 1. The first kappa shape index (κ1) is 12.7. The summed E-state index contributed by atoms with van der Waals surface area (Å²) in [5.41, 5.74) is 4.17. The topological polar surface area (TPSA) is 35.5 Å². The molecule has 3 heteroatoms. The Balaban J connectivity index is 2.04. The highest BCUT2D eigenvalue weighted by molar-refractivity contribution is 5.64. The summed E-state index contributed by atoms with van der Waals surface area (Å²) in [5, 5.41) is 0. The van der Waals surface area contributed by atoms with Crippen molar-refractivity contribution in [3.63, 3.8) is 0 Å². The van der Waals surface area contributed by atoms with Crippen molar-refractivity contribution >= 4 is 6.16 Å². The van der Waals surface area contributed by atoms with Gasteiger partial charge in [0.15, 0.2) is 12.2 Å². The van der Waals surface area contributed by atoms with Gasteiger partial charge in [-0.15, -0.1) is 0 Å². The van der Waals surface area contributed by atoms with E-state index in [9.17, 15) is 4.79 Å². The van der Waals surface area contributed by atoms with Gasteiger partial charge in [-0.1, -0.05) is 48.5 Å². The summed E-state index contributed by atoms with van der Waals surface area (Å²) in [7, 11) is 0. The van der Waals surface area contributed by atoms with Gasteiger partial charge in [-0.25, -0.2) is 4.79 Å². The maximum atomic E-state index is 11.6. The predicted octanol–water partition coefficient (Wildman–Crippen LogP) is 4.25. The van der Waals surface area contributed by atoms with Gasteiger partial charge in [0.2, 0.25) is 0 Å². The van der Waals surface area contributed by atoms with Crippen LogP contribution >= 0.6 is 0 Å². The third-order valence-corrected chi connectivity index (χ3v) is 3.71. The fourth-order valence-corrected chi connectivity index (χ4v) is 2.62. The highest BCUT2D eigenvalue weighted by Crippen LogP contribution is 2.42. The van der Waals surface area contributed by atoms with Gasteiger partial charge in [-0.3, -0.25) is 0 Å². The average molecular weight is 268 g/mol. The lowest BCUT2D eigenvalue weighted by Crippen LogP contribution is -2.09. The number of hydrogen-bond donors (Lipinski definition) is 0. The van der Waals surface area contributed by atoms with E-state index in [1.807, 2.05) is 62.4 Å². The fourth-order valence-electron chi connectivity index (χ4n) is 2.62. The van der Waals surface area contributed by atoms with Crippen molar-refractivity contribution in [3.05, 3.63) is 70.8 Å². The molecule has 2 atom stereocenters. The van der Waals surface area contributed by atoms with Crippen molar-refractivity contribution in [2.45, 2.75) is 26.1 Å². The molecule has 0 amide bonds. The third kappa shape index (κ3) is 2.16. The molecule has 0 radical (unpaired) electrons. The smallest absolute Gasteiger partial charge is 0.422 e. The maximum absolute atomic E-state index is 11.6. The minimum absolute atomic E-state index is 0.384. The molecule has 2 aromatic rings. The van der Waals surface area contributed by atoms with Crippen LogP contribution in [0, 0.1) is 13.8 Å². The number of rotatable bonds is 2. The Labute approximate surface area is 118 Å². The molecule has 1 saturated heterocycles. The summed E-state index contributed by atoms with van der Waals surface area (Å²) in [6.45, 7) is 4.02. The maximum Gasteiger partial charge on any atom is 0.509 e. The first-order chi connectivity index (χ1) is 9.66. The zero-order valence-electron chi connectivity index (χ0n) is 11.5. The molecule has 1 heterocycles. The summed E-state index contributed by atoms with van der Waals surface area (Å²) in [4.78, 5) is 11.6. The highest BCUT2D eigenvalue weighted by atomic mass is 16.8. The molecule has 0 unspecified atom stereocenters. The number of hydrogen-bond acceptors (Lipinski definition) is 3. The van der Waals surface area contributed by atoms with Gasteiger partial charge < -0.3 is 9.47 Å². The summed E-state index contributed by atoms with van der Waals surface area (Å²) in [6.07, 6.45) is -1.37. The zero-order chi connectivity index (χ0) is 14.1. The summed E-state index contributed by atoms with van der Waals surface area (Å²) >= 11 is 0. The summed E-state index contributed by atoms with van der Waals surface area (Å²) < 4.78 is 10.8. The Morgan fingerprint density at radius 2 is 1.15 bits per heavy atom. The number of benzene rings is 2. The Kier molecular flexibility index (Phi) is 3.18. The minimum Gasteiger partial charge on any atom is -0.422 e. The van der Waals surface area contributed by atoms with E-state index in [-0.39, 0.29) is 12.2 Å². The molecule has 1 aliphatic heterocycles. The molecule has 0 spiro atoms. The van der Waals surface area contributed by atoms with E-state index >= 15 is 0 Å². The van der Waals surface area contributed by atoms with Crippen LogP contribution < -0.4 is 0 Å². The molecule has 1 fully saturated rings. The van der Waals surface area contributed by atoms with Crippen LogP contribution in [0.15, 0.2) is 48.5 Å². The second-order valence-corrected chi connectivity index (χ2v) is 5.04. The molecule has 0 N–H and O–H groups in total. The molecule has 0 bridgehead atoms. The monoisotopic (exact) mass is 268 g/mol. The van der Waals surface area contributed by atoms with Gasteiger partial charge in [-0.05, 0) is 36.1 Å². The molecular weight excluding hydrogens is 252 g/mol. The minimum atomic E-state index is -0.605. The zero-order valence-corrected chi connectivity index (χ0v) is 11.5. The molecule has 3 rings (SSSR count). The lowest BCUT2D eigenvalue weighted by molar-refractivity contribution is 0.116. The Morgan fingerprint density at radius 3 is 1.55 bits per heavy atom. The van der Waals surface area contributed by atoms with Crippen LogP contribution in [0.1, 0.15) is 34.5 Å². The predicted molar refractivity (Wildman–Crippen MR) is 75.4 cm³/mol.